The Balaban J connectivity index is 1.82. The molecule has 2 N–H and O–H groups in total. The molecule has 0 heterocycles. The van der Waals surface area contributed by atoms with Crippen molar-refractivity contribution in [3.05, 3.63) is 86.4 Å². The number of rotatable bonds is 8. The van der Waals surface area contributed by atoms with Gasteiger partial charge in [-0.1, -0.05) is 53.0 Å². The van der Waals surface area contributed by atoms with Gasteiger partial charge in [-0.25, -0.2) is 4.79 Å². The Kier molecular flexibility index (Phi) is 7.32. The molecule has 0 unspecified atom stereocenters. The highest BCUT2D eigenvalue weighted by atomic mass is 35.5. The third-order valence-electron chi connectivity index (χ3n) is 4.38. The molecule has 0 saturated carbocycles. The molecule has 0 amide bonds. The monoisotopic (exact) mass is 465 g/mol. The van der Waals surface area contributed by atoms with E-state index in [1.54, 1.807) is 37.4 Å². The van der Waals surface area contributed by atoms with E-state index >= 15 is 0 Å². The summed E-state index contributed by atoms with van der Waals surface area (Å²) < 4.78 is 11.5. The molecule has 0 aliphatic carbocycles. The highest BCUT2D eigenvalue weighted by Gasteiger charge is 2.14. The fourth-order valence-corrected chi connectivity index (χ4v) is 3.54. The number of ether oxygens (including phenoxy) is 2. The summed E-state index contributed by atoms with van der Waals surface area (Å²) in [6.45, 7) is 0.527. The first-order valence-electron chi connectivity index (χ1n) is 8.89. The Morgan fingerprint density at radius 1 is 1.00 bits per heavy atom. The molecule has 3 aromatic carbocycles. The molecule has 3 aromatic rings. The minimum absolute atomic E-state index is 0.0251. The quantitative estimate of drug-likeness (QED) is 0.394. The first-order chi connectivity index (χ1) is 14.4. The Bertz CT molecular complexity index is 1050. The van der Waals surface area contributed by atoms with Gasteiger partial charge in [-0.3, -0.25) is 0 Å². The number of methoxy groups -OCH3 is 1. The van der Waals surface area contributed by atoms with E-state index in [4.69, 9.17) is 44.3 Å². The largest absolute Gasteiger partial charge is 0.493 e. The molecule has 5 nitrogen and oxygen atoms in total. The maximum Gasteiger partial charge on any atom is 0.337 e. The zero-order valence-corrected chi connectivity index (χ0v) is 18.2. The van der Waals surface area contributed by atoms with Gasteiger partial charge < -0.3 is 19.9 Å². The predicted octanol–water partition coefficient (Wildman–Crippen LogP) is 6.54. The summed E-state index contributed by atoms with van der Waals surface area (Å²) in [5.74, 6) is 0.00128. The van der Waals surface area contributed by atoms with Crippen molar-refractivity contribution in [2.24, 2.45) is 0 Å². The standard InChI is InChI=1S/C22H18Cl3NO4/c1-29-20-7-2-4-13(11-26-14-8-9-19(25)15(10-14)22(27)28)21(20)30-12-16-17(23)5-3-6-18(16)24/h2-10,26H,11-12H2,1H3,(H,27,28). The topological polar surface area (TPSA) is 67.8 Å². The normalized spacial score (nSPS) is 10.5. The summed E-state index contributed by atoms with van der Waals surface area (Å²) in [7, 11) is 1.56. The van der Waals surface area contributed by atoms with Gasteiger partial charge in [0, 0.05) is 33.4 Å². The molecule has 0 fully saturated rings. The van der Waals surface area contributed by atoms with Crippen molar-refractivity contribution < 1.29 is 19.4 Å². The molecule has 0 saturated heterocycles. The van der Waals surface area contributed by atoms with E-state index in [2.05, 4.69) is 5.32 Å². The first kappa shape index (κ1) is 22.1. The van der Waals surface area contributed by atoms with Crippen LogP contribution in [0.5, 0.6) is 11.5 Å². The molecule has 156 valence electrons. The number of carboxylic acid groups (broad SMARTS) is 1. The number of nitrogens with one attached hydrogen (secondary N) is 1. The van der Waals surface area contributed by atoms with Crippen LogP contribution in [-0.2, 0) is 13.2 Å². The minimum atomic E-state index is -1.09. The lowest BCUT2D eigenvalue weighted by molar-refractivity contribution is 0.0697. The van der Waals surface area contributed by atoms with E-state index in [1.165, 1.54) is 12.1 Å². The van der Waals surface area contributed by atoms with E-state index in [0.717, 1.165) is 5.56 Å². The highest BCUT2D eigenvalue weighted by molar-refractivity contribution is 6.36. The Morgan fingerprint density at radius 2 is 1.70 bits per heavy atom. The third-order valence-corrected chi connectivity index (χ3v) is 5.42. The molecule has 0 aromatic heterocycles. The van der Waals surface area contributed by atoms with Crippen molar-refractivity contribution in [3.63, 3.8) is 0 Å². The van der Waals surface area contributed by atoms with Crippen LogP contribution in [-0.4, -0.2) is 18.2 Å². The number of hydrogen-bond acceptors (Lipinski definition) is 4. The Hall–Kier alpha value is -2.60. The van der Waals surface area contributed by atoms with Crippen LogP contribution in [0.1, 0.15) is 21.5 Å². The number of hydrogen-bond donors (Lipinski definition) is 2. The molecule has 3 rings (SSSR count). The van der Waals surface area contributed by atoms with Crippen molar-refractivity contribution in [1.29, 1.82) is 0 Å². The van der Waals surface area contributed by atoms with Gasteiger partial charge in [-0.2, -0.15) is 0 Å². The van der Waals surface area contributed by atoms with Crippen molar-refractivity contribution >= 4 is 46.5 Å². The summed E-state index contributed by atoms with van der Waals surface area (Å²) in [5.41, 5.74) is 2.12. The second kappa shape index (κ2) is 9.94. The van der Waals surface area contributed by atoms with Gasteiger partial charge >= 0.3 is 5.97 Å². The number of anilines is 1. The van der Waals surface area contributed by atoms with E-state index in [1.807, 2.05) is 12.1 Å². The van der Waals surface area contributed by atoms with Gasteiger partial charge in [0.15, 0.2) is 11.5 Å². The van der Waals surface area contributed by atoms with Gasteiger partial charge in [0.2, 0.25) is 0 Å². The van der Waals surface area contributed by atoms with Crippen LogP contribution in [0.2, 0.25) is 15.1 Å². The summed E-state index contributed by atoms with van der Waals surface area (Å²) in [6, 6.07) is 15.5. The van der Waals surface area contributed by atoms with Gasteiger partial charge in [0.25, 0.3) is 0 Å². The van der Waals surface area contributed by atoms with Gasteiger partial charge in [-0.15, -0.1) is 0 Å². The lowest BCUT2D eigenvalue weighted by Gasteiger charge is -2.17. The summed E-state index contributed by atoms with van der Waals surface area (Å²) in [6.07, 6.45) is 0. The molecule has 0 radical (unpaired) electrons. The van der Waals surface area contributed by atoms with Crippen LogP contribution >= 0.6 is 34.8 Å². The highest BCUT2D eigenvalue weighted by Crippen LogP contribution is 2.34. The number of benzene rings is 3. The second-order valence-electron chi connectivity index (χ2n) is 6.29. The van der Waals surface area contributed by atoms with Crippen LogP contribution < -0.4 is 14.8 Å². The zero-order chi connectivity index (χ0) is 21.7. The van der Waals surface area contributed by atoms with E-state index in [-0.39, 0.29) is 17.2 Å². The first-order valence-corrected chi connectivity index (χ1v) is 10.0. The fourth-order valence-electron chi connectivity index (χ4n) is 2.84. The van der Waals surface area contributed by atoms with Crippen molar-refractivity contribution in [3.8, 4) is 11.5 Å². The number of aromatic carboxylic acids is 1. The minimum Gasteiger partial charge on any atom is -0.493 e. The lowest BCUT2D eigenvalue weighted by Crippen LogP contribution is -2.06. The Morgan fingerprint density at radius 3 is 2.37 bits per heavy atom. The van der Waals surface area contributed by atoms with Crippen LogP contribution in [0.3, 0.4) is 0 Å². The number of carboxylic acids is 1. The molecule has 8 heteroatoms. The summed E-state index contributed by atoms with van der Waals surface area (Å²) >= 11 is 18.4. The average Bonchev–Trinajstić information content (AvgIpc) is 2.72. The summed E-state index contributed by atoms with van der Waals surface area (Å²) in [5, 5.41) is 13.6. The predicted molar refractivity (Wildman–Crippen MR) is 120 cm³/mol. The average molecular weight is 467 g/mol. The molecule has 30 heavy (non-hydrogen) atoms. The van der Waals surface area contributed by atoms with Crippen molar-refractivity contribution in [1.82, 2.24) is 0 Å². The van der Waals surface area contributed by atoms with Crippen LogP contribution in [0.4, 0.5) is 5.69 Å². The molecule has 0 spiro atoms. The number of para-hydroxylation sites is 1. The van der Waals surface area contributed by atoms with E-state index < -0.39 is 5.97 Å². The van der Waals surface area contributed by atoms with Crippen molar-refractivity contribution in [2.75, 3.05) is 12.4 Å². The summed E-state index contributed by atoms with van der Waals surface area (Å²) in [4.78, 5) is 11.3. The molecule has 0 aliphatic heterocycles. The lowest BCUT2D eigenvalue weighted by atomic mass is 10.1. The Labute approximate surface area is 189 Å². The number of halogens is 3. The van der Waals surface area contributed by atoms with Gasteiger partial charge in [0.05, 0.1) is 17.7 Å². The maximum absolute atomic E-state index is 11.3. The smallest absolute Gasteiger partial charge is 0.337 e. The third kappa shape index (κ3) is 5.11. The van der Waals surface area contributed by atoms with E-state index in [0.29, 0.717) is 39.3 Å². The van der Waals surface area contributed by atoms with Crippen LogP contribution in [0, 0.1) is 0 Å². The van der Waals surface area contributed by atoms with Crippen molar-refractivity contribution in [2.45, 2.75) is 13.2 Å². The molecule has 0 atom stereocenters. The molecular weight excluding hydrogens is 449 g/mol. The van der Waals surface area contributed by atoms with Crippen LogP contribution in [0.15, 0.2) is 54.6 Å². The fraction of sp³-hybridized carbons (Fsp3) is 0.136. The maximum atomic E-state index is 11.3. The molecule has 0 bridgehead atoms. The zero-order valence-electron chi connectivity index (χ0n) is 15.9. The van der Waals surface area contributed by atoms with E-state index in [9.17, 15) is 9.90 Å². The van der Waals surface area contributed by atoms with Gasteiger partial charge in [-0.05, 0) is 36.4 Å². The number of carbonyl (C=O) groups is 1. The van der Waals surface area contributed by atoms with Crippen LogP contribution in [0.25, 0.3) is 0 Å². The second-order valence-corrected chi connectivity index (χ2v) is 7.51. The SMILES string of the molecule is COc1cccc(CNc2ccc(Cl)c(C(=O)O)c2)c1OCc1c(Cl)cccc1Cl. The van der Waals surface area contributed by atoms with Gasteiger partial charge in [0.1, 0.15) is 6.61 Å². The molecule has 0 aliphatic rings. The molecular formula is C22H18Cl3NO4.